The highest BCUT2D eigenvalue weighted by molar-refractivity contribution is 5.34. The zero-order valence-electron chi connectivity index (χ0n) is 11.0. The first-order chi connectivity index (χ1) is 8.76. The smallest absolute Gasteiger partial charge is 0.119 e. The summed E-state index contributed by atoms with van der Waals surface area (Å²) in [4.78, 5) is 0. The van der Waals surface area contributed by atoms with Crippen LogP contribution in [0.2, 0.25) is 0 Å². The van der Waals surface area contributed by atoms with Crippen molar-refractivity contribution in [2.45, 2.75) is 31.3 Å². The maximum Gasteiger partial charge on any atom is 0.119 e. The summed E-state index contributed by atoms with van der Waals surface area (Å²) in [6.45, 7) is 0. The van der Waals surface area contributed by atoms with Crippen LogP contribution in [0.3, 0.4) is 0 Å². The monoisotopic (exact) mass is 245 g/mol. The maximum atomic E-state index is 9.38. The number of nitriles is 1. The van der Waals surface area contributed by atoms with Crippen molar-refractivity contribution in [1.29, 1.82) is 5.26 Å². The van der Waals surface area contributed by atoms with Gasteiger partial charge in [0.2, 0.25) is 0 Å². The lowest BCUT2D eigenvalue weighted by Gasteiger charge is -2.40. The van der Waals surface area contributed by atoms with Crippen LogP contribution in [-0.2, 0) is 10.3 Å². The molecule has 1 aromatic rings. The number of benzene rings is 1. The van der Waals surface area contributed by atoms with Gasteiger partial charge in [-0.25, -0.2) is 0 Å². The minimum absolute atomic E-state index is 0.0802. The number of ether oxygens (including phenoxy) is 2. The summed E-state index contributed by atoms with van der Waals surface area (Å²) < 4.78 is 11.1. The Hall–Kier alpha value is -1.53. The van der Waals surface area contributed by atoms with Crippen molar-refractivity contribution >= 4 is 0 Å². The Morgan fingerprint density at radius 1 is 1.33 bits per heavy atom. The Morgan fingerprint density at radius 2 is 2.17 bits per heavy atom. The standard InChI is InChI=1S/C15H19NO2/c1-17-14-8-5-7-12(10-14)15(18-2)9-4-3-6-13(15)11-16/h5,7-8,10,13H,3-4,6,9H2,1-2H3/t13-,15+/m0/s1. The van der Waals surface area contributed by atoms with E-state index < -0.39 is 5.60 Å². The molecule has 0 radical (unpaired) electrons. The van der Waals surface area contributed by atoms with Crippen LogP contribution >= 0.6 is 0 Å². The van der Waals surface area contributed by atoms with Crippen molar-refractivity contribution in [2.24, 2.45) is 5.92 Å². The highest BCUT2D eigenvalue weighted by atomic mass is 16.5. The first kappa shape index (κ1) is 12.9. The van der Waals surface area contributed by atoms with Crippen LogP contribution in [-0.4, -0.2) is 14.2 Å². The van der Waals surface area contributed by atoms with Crippen molar-refractivity contribution in [3.63, 3.8) is 0 Å². The normalized spacial score (nSPS) is 27.5. The first-order valence-electron chi connectivity index (χ1n) is 6.36. The SMILES string of the molecule is COc1cccc([C@]2(OC)CCCC[C@H]2C#N)c1. The van der Waals surface area contributed by atoms with Crippen molar-refractivity contribution in [2.75, 3.05) is 14.2 Å². The third kappa shape index (κ3) is 2.09. The van der Waals surface area contributed by atoms with Gasteiger partial charge in [0.25, 0.3) is 0 Å². The van der Waals surface area contributed by atoms with E-state index in [0.717, 1.165) is 37.0 Å². The molecule has 0 saturated heterocycles. The molecule has 0 heterocycles. The molecule has 0 unspecified atom stereocenters. The Balaban J connectivity index is 2.44. The fourth-order valence-electron chi connectivity index (χ4n) is 2.91. The Labute approximate surface area is 108 Å². The molecule has 3 heteroatoms. The number of rotatable bonds is 3. The van der Waals surface area contributed by atoms with E-state index in [1.807, 2.05) is 24.3 Å². The van der Waals surface area contributed by atoms with Crippen LogP contribution in [0, 0.1) is 17.2 Å². The van der Waals surface area contributed by atoms with Crippen LogP contribution in [0.5, 0.6) is 5.75 Å². The topological polar surface area (TPSA) is 42.2 Å². The predicted octanol–water partition coefficient (Wildman–Crippen LogP) is 3.25. The number of hydrogen-bond donors (Lipinski definition) is 0. The van der Waals surface area contributed by atoms with Gasteiger partial charge in [0.1, 0.15) is 11.4 Å². The third-order valence-electron chi connectivity index (χ3n) is 3.93. The van der Waals surface area contributed by atoms with E-state index in [4.69, 9.17) is 9.47 Å². The second-order valence-electron chi connectivity index (χ2n) is 4.75. The van der Waals surface area contributed by atoms with Gasteiger partial charge in [0.15, 0.2) is 0 Å². The molecule has 0 aliphatic heterocycles. The molecular formula is C15H19NO2. The summed E-state index contributed by atoms with van der Waals surface area (Å²) in [7, 11) is 3.36. The van der Waals surface area contributed by atoms with E-state index in [0.29, 0.717) is 0 Å². The fraction of sp³-hybridized carbons (Fsp3) is 0.533. The van der Waals surface area contributed by atoms with Crippen molar-refractivity contribution in [3.8, 4) is 11.8 Å². The largest absolute Gasteiger partial charge is 0.497 e. The van der Waals surface area contributed by atoms with Crippen molar-refractivity contribution < 1.29 is 9.47 Å². The lowest BCUT2D eigenvalue weighted by molar-refractivity contribution is -0.0714. The van der Waals surface area contributed by atoms with Gasteiger partial charge in [-0.1, -0.05) is 25.0 Å². The Kier molecular flexibility index (Phi) is 3.88. The van der Waals surface area contributed by atoms with Crippen LogP contribution < -0.4 is 4.74 Å². The van der Waals surface area contributed by atoms with Crippen molar-refractivity contribution in [3.05, 3.63) is 29.8 Å². The van der Waals surface area contributed by atoms with Gasteiger partial charge >= 0.3 is 0 Å². The molecule has 1 aliphatic carbocycles. The molecule has 18 heavy (non-hydrogen) atoms. The molecule has 0 aromatic heterocycles. The number of methoxy groups -OCH3 is 2. The zero-order valence-corrected chi connectivity index (χ0v) is 11.0. The highest BCUT2D eigenvalue weighted by Crippen LogP contribution is 2.44. The lowest BCUT2D eigenvalue weighted by atomic mass is 9.72. The van der Waals surface area contributed by atoms with Gasteiger partial charge in [-0.2, -0.15) is 5.26 Å². The van der Waals surface area contributed by atoms with Gasteiger partial charge in [-0.3, -0.25) is 0 Å². The predicted molar refractivity (Wildman–Crippen MR) is 69.3 cm³/mol. The Morgan fingerprint density at radius 3 is 2.83 bits per heavy atom. The van der Waals surface area contributed by atoms with Crippen LogP contribution in [0.1, 0.15) is 31.2 Å². The van der Waals surface area contributed by atoms with Gasteiger partial charge in [0.05, 0.1) is 19.1 Å². The molecule has 96 valence electrons. The summed E-state index contributed by atoms with van der Waals surface area (Å²) in [5.41, 5.74) is 0.581. The van der Waals surface area contributed by atoms with E-state index >= 15 is 0 Å². The summed E-state index contributed by atoms with van der Waals surface area (Å²) in [5, 5.41) is 9.38. The van der Waals surface area contributed by atoms with E-state index in [-0.39, 0.29) is 5.92 Å². The molecule has 1 aromatic carbocycles. The highest BCUT2D eigenvalue weighted by Gasteiger charge is 2.43. The molecule has 2 atom stereocenters. The molecule has 2 rings (SSSR count). The molecule has 0 spiro atoms. The zero-order chi connectivity index (χ0) is 13.0. The minimum Gasteiger partial charge on any atom is -0.497 e. The van der Waals surface area contributed by atoms with Crippen LogP contribution in [0.4, 0.5) is 0 Å². The maximum absolute atomic E-state index is 9.38. The van der Waals surface area contributed by atoms with Crippen LogP contribution in [0.15, 0.2) is 24.3 Å². The number of nitrogens with zero attached hydrogens (tertiary/aromatic N) is 1. The fourth-order valence-corrected chi connectivity index (χ4v) is 2.91. The molecule has 0 bridgehead atoms. The van der Waals surface area contributed by atoms with E-state index in [9.17, 15) is 5.26 Å². The van der Waals surface area contributed by atoms with Gasteiger partial charge in [0, 0.05) is 7.11 Å². The van der Waals surface area contributed by atoms with Gasteiger partial charge < -0.3 is 9.47 Å². The lowest BCUT2D eigenvalue weighted by Crippen LogP contribution is -2.39. The third-order valence-corrected chi connectivity index (χ3v) is 3.93. The molecule has 1 saturated carbocycles. The summed E-state index contributed by atoms with van der Waals surface area (Å²) in [5.74, 6) is 0.731. The molecule has 0 N–H and O–H groups in total. The summed E-state index contributed by atoms with van der Waals surface area (Å²) in [6.07, 6.45) is 4.01. The average molecular weight is 245 g/mol. The molecule has 1 aliphatic rings. The number of hydrogen-bond acceptors (Lipinski definition) is 3. The summed E-state index contributed by atoms with van der Waals surface area (Å²) >= 11 is 0. The second-order valence-corrected chi connectivity index (χ2v) is 4.75. The van der Waals surface area contributed by atoms with E-state index in [1.54, 1.807) is 14.2 Å². The van der Waals surface area contributed by atoms with Crippen molar-refractivity contribution in [1.82, 2.24) is 0 Å². The summed E-state index contributed by atoms with van der Waals surface area (Å²) in [6, 6.07) is 10.3. The van der Waals surface area contributed by atoms with Gasteiger partial charge in [-0.05, 0) is 30.5 Å². The van der Waals surface area contributed by atoms with Crippen LogP contribution in [0.25, 0.3) is 0 Å². The van der Waals surface area contributed by atoms with E-state index in [1.165, 1.54) is 0 Å². The minimum atomic E-state index is -0.471. The first-order valence-corrected chi connectivity index (χ1v) is 6.36. The van der Waals surface area contributed by atoms with Gasteiger partial charge in [-0.15, -0.1) is 0 Å². The second kappa shape index (κ2) is 5.41. The molecule has 1 fully saturated rings. The Bertz CT molecular complexity index is 452. The molecule has 0 amide bonds. The molecular weight excluding hydrogens is 226 g/mol. The molecule has 3 nitrogen and oxygen atoms in total. The average Bonchev–Trinajstić information content (AvgIpc) is 2.47. The quantitative estimate of drug-likeness (QED) is 0.821. The van der Waals surface area contributed by atoms with E-state index in [2.05, 4.69) is 6.07 Å².